The molecule has 1 heterocycles. The van der Waals surface area contributed by atoms with Crippen LogP contribution in [0.5, 0.6) is 0 Å². The molecule has 1 unspecified atom stereocenters. The lowest BCUT2D eigenvalue weighted by Gasteiger charge is -2.26. The van der Waals surface area contributed by atoms with Gasteiger partial charge in [0.25, 0.3) is 11.7 Å². The fraction of sp³-hybridized carbons (Fsp3) is 0.120. The normalized spacial score (nSPS) is 17.9. The first-order valence-electron chi connectivity index (χ1n) is 9.67. The lowest BCUT2D eigenvalue weighted by molar-refractivity contribution is -0.132. The van der Waals surface area contributed by atoms with Gasteiger partial charge in [-0.2, -0.15) is 0 Å². The molecule has 1 atom stereocenters. The molecular formula is C25H19Cl2NO3. The molecule has 0 aliphatic carbocycles. The largest absolute Gasteiger partial charge is 0.507 e. The van der Waals surface area contributed by atoms with E-state index in [0.29, 0.717) is 26.9 Å². The van der Waals surface area contributed by atoms with Gasteiger partial charge in [0.1, 0.15) is 5.76 Å². The van der Waals surface area contributed by atoms with Crippen molar-refractivity contribution in [1.82, 2.24) is 0 Å². The number of halogens is 2. The Balaban J connectivity index is 1.95. The summed E-state index contributed by atoms with van der Waals surface area (Å²) in [6.07, 6.45) is 0. The predicted octanol–water partition coefficient (Wildman–Crippen LogP) is 6.24. The summed E-state index contributed by atoms with van der Waals surface area (Å²) in [6, 6.07) is 18.5. The molecule has 0 spiro atoms. The molecule has 156 valence electrons. The lowest BCUT2D eigenvalue weighted by Crippen LogP contribution is -2.29. The Kier molecular flexibility index (Phi) is 5.61. The highest BCUT2D eigenvalue weighted by Crippen LogP contribution is 2.43. The van der Waals surface area contributed by atoms with E-state index < -0.39 is 17.7 Å². The molecule has 1 N–H and O–H groups in total. The van der Waals surface area contributed by atoms with E-state index in [4.69, 9.17) is 23.2 Å². The SMILES string of the molecule is Cc1ccc(/C(O)=C2/C(=O)C(=O)N(c3ccc(C)cc3)C2c2ccc(Cl)c(Cl)c2)cc1. The molecule has 1 fully saturated rings. The molecular weight excluding hydrogens is 433 g/mol. The van der Waals surface area contributed by atoms with Crippen LogP contribution in [0.1, 0.15) is 28.3 Å². The summed E-state index contributed by atoms with van der Waals surface area (Å²) in [7, 11) is 0. The summed E-state index contributed by atoms with van der Waals surface area (Å²) in [6.45, 7) is 3.86. The smallest absolute Gasteiger partial charge is 0.300 e. The number of rotatable bonds is 3. The third-order valence-electron chi connectivity index (χ3n) is 5.34. The average molecular weight is 452 g/mol. The summed E-state index contributed by atoms with van der Waals surface area (Å²) in [5, 5.41) is 11.7. The van der Waals surface area contributed by atoms with Crippen LogP contribution in [0.3, 0.4) is 0 Å². The highest BCUT2D eigenvalue weighted by atomic mass is 35.5. The minimum Gasteiger partial charge on any atom is -0.507 e. The maximum Gasteiger partial charge on any atom is 0.300 e. The van der Waals surface area contributed by atoms with Crippen molar-refractivity contribution in [3.8, 4) is 0 Å². The topological polar surface area (TPSA) is 57.6 Å². The Morgan fingerprint density at radius 2 is 1.42 bits per heavy atom. The minimum atomic E-state index is -0.848. The lowest BCUT2D eigenvalue weighted by atomic mass is 9.95. The molecule has 4 rings (SSSR count). The number of carbonyl (C=O) groups is 2. The van der Waals surface area contributed by atoms with Gasteiger partial charge in [0, 0.05) is 11.3 Å². The maximum atomic E-state index is 13.1. The minimum absolute atomic E-state index is 0.00724. The van der Waals surface area contributed by atoms with Crippen LogP contribution in [0.4, 0.5) is 5.69 Å². The molecule has 1 aliphatic rings. The number of benzene rings is 3. The zero-order valence-electron chi connectivity index (χ0n) is 16.9. The number of amides is 1. The Bertz CT molecular complexity index is 1210. The first-order valence-corrected chi connectivity index (χ1v) is 10.4. The number of aliphatic hydroxyl groups is 1. The van der Waals surface area contributed by atoms with Crippen molar-refractivity contribution < 1.29 is 14.7 Å². The third-order valence-corrected chi connectivity index (χ3v) is 6.08. The summed E-state index contributed by atoms with van der Waals surface area (Å²) in [5.41, 5.74) is 3.61. The van der Waals surface area contributed by atoms with Crippen molar-refractivity contribution in [3.05, 3.63) is 105 Å². The van der Waals surface area contributed by atoms with E-state index in [1.807, 2.05) is 38.1 Å². The molecule has 1 aliphatic heterocycles. The molecule has 1 saturated heterocycles. The quantitative estimate of drug-likeness (QED) is 0.291. The van der Waals surface area contributed by atoms with E-state index in [0.717, 1.165) is 11.1 Å². The fourth-order valence-corrected chi connectivity index (χ4v) is 3.98. The highest BCUT2D eigenvalue weighted by molar-refractivity contribution is 6.51. The van der Waals surface area contributed by atoms with Gasteiger partial charge in [-0.1, -0.05) is 76.8 Å². The fourth-order valence-electron chi connectivity index (χ4n) is 3.67. The van der Waals surface area contributed by atoms with Gasteiger partial charge in [-0.25, -0.2) is 0 Å². The molecule has 31 heavy (non-hydrogen) atoms. The van der Waals surface area contributed by atoms with E-state index >= 15 is 0 Å². The first kappa shape index (κ1) is 21.2. The molecule has 0 saturated carbocycles. The number of aliphatic hydroxyl groups excluding tert-OH is 1. The second-order valence-corrected chi connectivity index (χ2v) is 8.36. The second kappa shape index (κ2) is 8.22. The summed E-state index contributed by atoms with van der Waals surface area (Å²) < 4.78 is 0. The van der Waals surface area contributed by atoms with Crippen LogP contribution >= 0.6 is 23.2 Å². The highest BCUT2D eigenvalue weighted by Gasteiger charge is 2.47. The Hall–Kier alpha value is -3.08. The van der Waals surface area contributed by atoms with Crippen molar-refractivity contribution in [2.24, 2.45) is 0 Å². The van der Waals surface area contributed by atoms with Crippen LogP contribution in [0, 0.1) is 13.8 Å². The monoisotopic (exact) mass is 451 g/mol. The summed E-state index contributed by atoms with van der Waals surface area (Å²) in [4.78, 5) is 27.6. The van der Waals surface area contributed by atoms with Gasteiger partial charge in [0.05, 0.1) is 21.7 Å². The van der Waals surface area contributed by atoms with Gasteiger partial charge in [0.2, 0.25) is 0 Å². The van der Waals surface area contributed by atoms with Crippen LogP contribution < -0.4 is 4.90 Å². The number of aryl methyl sites for hydroxylation is 2. The van der Waals surface area contributed by atoms with E-state index in [-0.39, 0.29) is 11.3 Å². The third kappa shape index (κ3) is 3.85. The molecule has 0 aromatic heterocycles. The number of Topliss-reactive ketones (excluding diaryl/α,β-unsaturated/α-hetero) is 1. The molecule has 4 nitrogen and oxygen atoms in total. The zero-order chi connectivity index (χ0) is 22.3. The van der Waals surface area contributed by atoms with Gasteiger partial charge in [-0.05, 0) is 43.7 Å². The van der Waals surface area contributed by atoms with Crippen molar-refractivity contribution >= 4 is 46.3 Å². The van der Waals surface area contributed by atoms with Gasteiger partial charge in [0.15, 0.2) is 0 Å². The van der Waals surface area contributed by atoms with Crippen LogP contribution in [0.15, 0.2) is 72.3 Å². The van der Waals surface area contributed by atoms with E-state index in [1.165, 1.54) is 4.90 Å². The van der Waals surface area contributed by atoms with Gasteiger partial charge >= 0.3 is 0 Å². The predicted molar refractivity (Wildman–Crippen MR) is 124 cm³/mol. The Morgan fingerprint density at radius 3 is 2.00 bits per heavy atom. The summed E-state index contributed by atoms with van der Waals surface area (Å²) in [5.74, 6) is -1.70. The first-order chi connectivity index (χ1) is 14.8. The zero-order valence-corrected chi connectivity index (χ0v) is 18.4. The van der Waals surface area contributed by atoms with Crippen LogP contribution in [-0.2, 0) is 9.59 Å². The number of ketones is 1. The van der Waals surface area contributed by atoms with E-state index in [2.05, 4.69) is 0 Å². The molecule has 1 amide bonds. The number of nitrogens with zero attached hydrogens (tertiary/aromatic N) is 1. The second-order valence-electron chi connectivity index (χ2n) is 7.54. The molecule has 6 heteroatoms. The van der Waals surface area contributed by atoms with Crippen LogP contribution in [0.25, 0.3) is 5.76 Å². The Labute approximate surface area is 190 Å². The molecule has 0 radical (unpaired) electrons. The van der Waals surface area contributed by atoms with Crippen molar-refractivity contribution in [2.75, 3.05) is 4.90 Å². The van der Waals surface area contributed by atoms with Gasteiger partial charge in [-0.15, -0.1) is 0 Å². The molecule has 0 bridgehead atoms. The number of anilines is 1. The maximum absolute atomic E-state index is 13.1. The van der Waals surface area contributed by atoms with Crippen LogP contribution in [0.2, 0.25) is 10.0 Å². The van der Waals surface area contributed by atoms with E-state index in [1.54, 1.807) is 42.5 Å². The molecule has 3 aromatic carbocycles. The average Bonchev–Trinajstić information content (AvgIpc) is 3.01. The van der Waals surface area contributed by atoms with Gasteiger partial charge < -0.3 is 5.11 Å². The number of hydrogen-bond acceptors (Lipinski definition) is 3. The standard InChI is InChI=1S/C25H19Cl2NO3/c1-14-3-7-16(8-4-14)23(29)21-22(17-9-12-19(26)20(27)13-17)28(25(31)24(21)30)18-10-5-15(2)6-11-18/h3-13,22,29H,1-2H3/b23-21-. The number of carbonyl (C=O) groups excluding carboxylic acids is 2. The van der Waals surface area contributed by atoms with Gasteiger partial charge in [-0.3, -0.25) is 14.5 Å². The van der Waals surface area contributed by atoms with Crippen molar-refractivity contribution in [1.29, 1.82) is 0 Å². The molecule has 3 aromatic rings. The van der Waals surface area contributed by atoms with Crippen LogP contribution in [-0.4, -0.2) is 16.8 Å². The summed E-state index contributed by atoms with van der Waals surface area (Å²) >= 11 is 12.3. The Morgan fingerprint density at radius 1 is 0.839 bits per heavy atom. The van der Waals surface area contributed by atoms with E-state index in [9.17, 15) is 14.7 Å². The number of hydrogen-bond donors (Lipinski definition) is 1. The van der Waals surface area contributed by atoms with Crippen molar-refractivity contribution in [3.63, 3.8) is 0 Å². The van der Waals surface area contributed by atoms with Crippen molar-refractivity contribution in [2.45, 2.75) is 19.9 Å².